The van der Waals surface area contributed by atoms with E-state index in [0.717, 1.165) is 58.4 Å². The summed E-state index contributed by atoms with van der Waals surface area (Å²) >= 11 is 0. The van der Waals surface area contributed by atoms with Gasteiger partial charge in [0.25, 0.3) is 0 Å². The molecule has 4 nitrogen and oxygen atoms in total. The number of amides is 1. The van der Waals surface area contributed by atoms with Gasteiger partial charge in [0.05, 0.1) is 0 Å². The lowest BCUT2D eigenvalue weighted by atomic mass is 9.98. The molecule has 0 aliphatic carbocycles. The molecule has 21 heavy (non-hydrogen) atoms. The highest BCUT2D eigenvalue weighted by Crippen LogP contribution is 2.20. The largest absolute Gasteiger partial charge is 0.444 e. The lowest BCUT2D eigenvalue weighted by molar-refractivity contribution is 0.0116. The molecule has 0 atom stereocenters. The minimum absolute atomic E-state index is 0.198. The Morgan fingerprint density at radius 1 is 1.29 bits per heavy atom. The topological polar surface area (TPSA) is 38.8 Å². The van der Waals surface area contributed by atoms with E-state index in [-0.39, 0.29) is 6.09 Å². The van der Waals surface area contributed by atoms with E-state index in [1.165, 1.54) is 0 Å². The third-order valence-corrected chi connectivity index (χ3v) is 3.48. The Labute approximate surface area is 129 Å². The van der Waals surface area contributed by atoms with E-state index < -0.39 is 5.60 Å². The monoisotopic (exact) mass is 295 g/mol. The Kier molecular flexibility index (Phi) is 7.60. The summed E-state index contributed by atoms with van der Waals surface area (Å²) in [7, 11) is 0. The van der Waals surface area contributed by atoms with Crippen LogP contribution in [-0.4, -0.2) is 42.9 Å². The van der Waals surface area contributed by atoms with Crippen LogP contribution in [0.5, 0.6) is 0 Å². The summed E-state index contributed by atoms with van der Waals surface area (Å²) in [4.78, 5) is 13.7. The first-order valence-corrected chi connectivity index (χ1v) is 7.91. The molecule has 1 heterocycles. The van der Waals surface area contributed by atoms with Crippen LogP contribution in [-0.2, 0) is 9.47 Å². The Bertz CT molecular complexity index is 346. The Morgan fingerprint density at radius 2 is 1.95 bits per heavy atom. The van der Waals surface area contributed by atoms with E-state index in [1.54, 1.807) is 4.90 Å². The van der Waals surface area contributed by atoms with Crippen molar-refractivity contribution in [1.82, 2.24) is 4.90 Å². The predicted octanol–water partition coefficient (Wildman–Crippen LogP) is 3.45. The number of terminal acetylenes is 1. The molecule has 1 amide bonds. The van der Waals surface area contributed by atoms with Gasteiger partial charge in [-0.2, -0.15) is 0 Å². The molecule has 1 aliphatic rings. The molecule has 0 unspecified atom stereocenters. The number of ether oxygens (including phenoxy) is 2. The molecule has 4 heteroatoms. The molecule has 1 fully saturated rings. The Hall–Kier alpha value is -1.21. The SMILES string of the molecule is C#CCCCCOCC1CCN(C(=O)OC(C)(C)C)CC1. The first-order chi connectivity index (χ1) is 9.92. The van der Waals surface area contributed by atoms with Crippen molar-refractivity contribution in [2.75, 3.05) is 26.3 Å². The van der Waals surface area contributed by atoms with Crippen LogP contribution >= 0.6 is 0 Å². The number of likely N-dealkylation sites (tertiary alicyclic amines) is 1. The smallest absolute Gasteiger partial charge is 0.410 e. The van der Waals surface area contributed by atoms with Gasteiger partial charge >= 0.3 is 6.09 Å². The molecule has 0 aromatic heterocycles. The van der Waals surface area contributed by atoms with Crippen LogP contribution in [0.3, 0.4) is 0 Å². The van der Waals surface area contributed by atoms with E-state index in [9.17, 15) is 4.79 Å². The number of unbranched alkanes of at least 4 members (excludes halogenated alkanes) is 2. The number of hydrogen-bond donors (Lipinski definition) is 0. The van der Waals surface area contributed by atoms with Gasteiger partial charge in [0.2, 0.25) is 0 Å². The molecule has 0 aromatic rings. The lowest BCUT2D eigenvalue weighted by Crippen LogP contribution is -2.42. The fraction of sp³-hybridized carbons (Fsp3) is 0.824. The number of nitrogens with zero attached hydrogens (tertiary/aromatic N) is 1. The van der Waals surface area contributed by atoms with Crippen LogP contribution in [0.2, 0.25) is 0 Å². The van der Waals surface area contributed by atoms with Gasteiger partial charge in [-0.05, 0) is 52.4 Å². The first-order valence-electron chi connectivity index (χ1n) is 7.91. The zero-order valence-electron chi connectivity index (χ0n) is 13.7. The lowest BCUT2D eigenvalue weighted by Gasteiger charge is -2.33. The fourth-order valence-corrected chi connectivity index (χ4v) is 2.29. The molecule has 1 aliphatic heterocycles. The van der Waals surface area contributed by atoms with E-state index >= 15 is 0 Å². The third kappa shape index (κ3) is 7.96. The number of carbonyl (C=O) groups excluding carboxylic acids is 1. The van der Waals surface area contributed by atoms with Gasteiger partial charge in [-0.1, -0.05) is 0 Å². The number of carbonyl (C=O) groups is 1. The van der Waals surface area contributed by atoms with E-state index in [2.05, 4.69) is 5.92 Å². The Morgan fingerprint density at radius 3 is 2.52 bits per heavy atom. The van der Waals surface area contributed by atoms with Gasteiger partial charge in [-0.25, -0.2) is 4.79 Å². The van der Waals surface area contributed by atoms with Crippen molar-refractivity contribution in [3.63, 3.8) is 0 Å². The number of rotatable bonds is 6. The number of hydrogen-bond acceptors (Lipinski definition) is 3. The molecule has 1 rings (SSSR count). The summed E-state index contributed by atoms with van der Waals surface area (Å²) in [5.41, 5.74) is -0.421. The summed E-state index contributed by atoms with van der Waals surface area (Å²) in [6, 6.07) is 0. The number of piperidine rings is 1. The minimum Gasteiger partial charge on any atom is -0.444 e. The van der Waals surface area contributed by atoms with Gasteiger partial charge in [0.1, 0.15) is 5.60 Å². The summed E-state index contributed by atoms with van der Waals surface area (Å²) in [5.74, 6) is 3.19. The van der Waals surface area contributed by atoms with E-state index in [1.807, 2.05) is 20.8 Å². The van der Waals surface area contributed by atoms with Crippen molar-refractivity contribution in [3.8, 4) is 12.3 Å². The highest BCUT2D eigenvalue weighted by molar-refractivity contribution is 5.68. The molecule has 0 radical (unpaired) electrons. The normalized spacial score (nSPS) is 16.6. The van der Waals surface area contributed by atoms with Crippen LogP contribution in [0.15, 0.2) is 0 Å². The molecule has 0 saturated carbocycles. The van der Waals surface area contributed by atoms with Gasteiger partial charge in [0.15, 0.2) is 0 Å². The van der Waals surface area contributed by atoms with Crippen molar-refractivity contribution in [2.24, 2.45) is 5.92 Å². The highest BCUT2D eigenvalue weighted by Gasteiger charge is 2.26. The van der Waals surface area contributed by atoms with Gasteiger partial charge in [-0.15, -0.1) is 12.3 Å². The van der Waals surface area contributed by atoms with Crippen LogP contribution in [0.1, 0.15) is 52.9 Å². The van der Waals surface area contributed by atoms with Gasteiger partial charge in [-0.3, -0.25) is 0 Å². The van der Waals surface area contributed by atoms with Crippen LogP contribution in [0.25, 0.3) is 0 Å². The van der Waals surface area contributed by atoms with E-state index in [0.29, 0.717) is 5.92 Å². The first kappa shape index (κ1) is 17.8. The van der Waals surface area contributed by atoms with Crippen LogP contribution in [0, 0.1) is 18.3 Å². The van der Waals surface area contributed by atoms with Crippen molar-refractivity contribution in [2.45, 2.75) is 58.5 Å². The zero-order chi connectivity index (χ0) is 15.7. The third-order valence-electron chi connectivity index (χ3n) is 3.48. The average Bonchev–Trinajstić information content (AvgIpc) is 2.41. The van der Waals surface area contributed by atoms with Crippen molar-refractivity contribution < 1.29 is 14.3 Å². The maximum absolute atomic E-state index is 11.9. The van der Waals surface area contributed by atoms with Crippen LogP contribution in [0.4, 0.5) is 4.79 Å². The molecule has 0 bridgehead atoms. The Balaban J connectivity index is 2.12. The van der Waals surface area contributed by atoms with Crippen molar-refractivity contribution >= 4 is 6.09 Å². The average molecular weight is 295 g/mol. The predicted molar refractivity (Wildman–Crippen MR) is 84.0 cm³/mol. The summed E-state index contributed by atoms with van der Waals surface area (Å²) in [6.07, 6.45) is 9.88. The molecule has 0 N–H and O–H groups in total. The summed E-state index contributed by atoms with van der Waals surface area (Å²) < 4.78 is 11.1. The second kappa shape index (κ2) is 8.94. The zero-order valence-corrected chi connectivity index (χ0v) is 13.7. The minimum atomic E-state index is -0.421. The summed E-state index contributed by atoms with van der Waals surface area (Å²) in [6.45, 7) is 8.79. The molecule has 120 valence electrons. The van der Waals surface area contributed by atoms with E-state index in [4.69, 9.17) is 15.9 Å². The van der Waals surface area contributed by atoms with Crippen molar-refractivity contribution in [3.05, 3.63) is 0 Å². The maximum Gasteiger partial charge on any atom is 0.410 e. The van der Waals surface area contributed by atoms with Crippen molar-refractivity contribution in [1.29, 1.82) is 0 Å². The molecule has 0 spiro atoms. The quantitative estimate of drug-likeness (QED) is 0.556. The maximum atomic E-state index is 11.9. The fourth-order valence-electron chi connectivity index (χ4n) is 2.29. The van der Waals surface area contributed by atoms with Crippen LogP contribution < -0.4 is 0 Å². The van der Waals surface area contributed by atoms with Gasteiger partial charge in [0, 0.05) is 32.7 Å². The summed E-state index contributed by atoms with van der Waals surface area (Å²) in [5, 5.41) is 0. The second-order valence-electron chi connectivity index (χ2n) is 6.65. The molecule has 1 saturated heterocycles. The van der Waals surface area contributed by atoms with Gasteiger partial charge < -0.3 is 14.4 Å². The molecular weight excluding hydrogens is 266 g/mol. The standard InChI is InChI=1S/C17H29NO3/c1-5-6-7-8-13-20-14-15-9-11-18(12-10-15)16(19)21-17(2,3)4/h1,15H,6-14H2,2-4H3. The second-order valence-corrected chi connectivity index (χ2v) is 6.65. The molecule has 0 aromatic carbocycles. The molecular formula is C17H29NO3. The highest BCUT2D eigenvalue weighted by atomic mass is 16.6.